The summed E-state index contributed by atoms with van der Waals surface area (Å²) in [4.78, 5) is 21.1. The van der Waals surface area contributed by atoms with Crippen molar-refractivity contribution in [3.05, 3.63) is 23.3 Å². The molecule has 0 aliphatic heterocycles. The van der Waals surface area contributed by atoms with E-state index < -0.39 is 5.78 Å². The summed E-state index contributed by atoms with van der Waals surface area (Å²) < 4.78 is 0. The van der Waals surface area contributed by atoms with Gasteiger partial charge < -0.3 is 0 Å². The highest BCUT2D eigenvalue weighted by molar-refractivity contribution is 6.30. The van der Waals surface area contributed by atoms with E-state index in [1.165, 1.54) is 23.6 Å². The molecule has 0 bridgehead atoms. The van der Waals surface area contributed by atoms with Crippen molar-refractivity contribution in [3.8, 4) is 0 Å². The molecule has 0 aromatic heterocycles. The van der Waals surface area contributed by atoms with Gasteiger partial charge in [0.25, 0.3) is 0 Å². The minimum absolute atomic E-state index is 0.127. The molecule has 0 saturated heterocycles. The molecule has 0 heterocycles. The summed E-state index contributed by atoms with van der Waals surface area (Å²) in [6, 6.07) is 0. The summed E-state index contributed by atoms with van der Waals surface area (Å²) in [7, 11) is 0. The third-order valence-electron chi connectivity index (χ3n) is 3.07. The zero-order chi connectivity index (χ0) is 11.5. The lowest BCUT2D eigenvalue weighted by atomic mass is 9.72. The van der Waals surface area contributed by atoms with Gasteiger partial charge in [-0.1, -0.05) is 25.5 Å². The van der Waals surface area contributed by atoms with Crippen LogP contribution in [0.1, 0.15) is 40.0 Å². The minimum Gasteiger partial charge on any atom is -0.294 e. The highest BCUT2D eigenvalue weighted by Crippen LogP contribution is 2.40. The van der Waals surface area contributed by atoms with Crippen LogP contribution in [0.25, 0.3) is 0 Å². The molecule has 1 rings (SSSR count). The van der Waals surface area contributed by atoms with Crippen LogP contribution in [0.2, 0.25) is 0 Å². The molecule has 0 aromatic carbocycles. The third kappa shape index (κ3) is 2.88. The molecule has 1 aliphatic carbocycles. The topological polar surface area (TPSA) is 34.1 Å². The van der Waals surface area contributed by atoms with Gasteiger partial charge in [0.1, 0.15) is 0 Å². The van der Waals surface area contributed by atoms with Gasteiger partial charge in [-0.05, 0) is 43.3 Å². The summed E-state index contributed by atoms with van der Waals surface area (Å²) in [6.45, 7) is 6.47. The van der Waals surface area contributed by atoms with Crippen LogP contribution in [-0.2, 0) is 9.59 Å². The van der Waals surface area contributed by atoms with Crippen molar-refractivity contribution in [1.82, 2.24) is 0 Å². The van der Waals surface area contributed by atoms with E-state index in [1.54, 1.807) is 0 Å². The van der Waals surface area contributed by atoms with Gasteiger partial charge in [0.15, 0.2) is 6.29 Å². The van der Waals surface area contributed by atoms with Gasteiger partial charge in [0.05, 0.1) is 0 Å². The van der Waals surface area contributed by atoms with E-state index >= 15 is 0 Å². The van der Waals surface area contributed by atoms with Gasteiger partial charge in [-0.25, -0.2) is 0 Å². The number of carbonyl (C=O) groups excluding carboxylic acids is 2. The molecular weight excluding hydrogens is 188 g/mol. The molecule has 0 spiro atoms. The fraction of sp³-hybridized carbons (Fsp3) is 0.538. The van der Waals surface area contributed by atoms with Crippen LogP contribution in [0, 0.1) is 5.41 Å². The number of hydrogen-bond donors (Lipinski definition) is 0. The van der Waals surface area contributed by atoms with Crippen LogP contribution in [-0.4, -0.2) is 12.1 Å². The van der Waals surface area contributed by atoms with Crippen molar-refractivity contribution in [2.45, 2.75) is 40.0 Å². The molecule has 0 aromatic rings. The summed E-state index contributed by atoms with van der Waals surface area (Å²) in [6.07, 6.45) is 6.97. The van der Waals surface area contributed by atoms with Crippen molar-refractivity contribution < 1.29 is 9.59 Å². The fourth-order valence-corrected chi connectivity index (χ4v) is 2.22. The Morgan fingerprint density at radius 2 is 2.07 bits per heavy atom. The van der Waals surface area contributed by atoms with Crippen LogP contribution in [0.15, 0.2) is 23.3 Å². The molecule has 82 valence electrons. The second-order valence-electron chi connectivity index (χ2n) is 4.78. The largest absolute Gasteiger partial charge is 0.294 e. The average Bonchev–Trinajstić information content (AvgIpc) is 2.15. The maximum absolute atomic E-state index is 10.9. The predicted molar refractivity (Wildman–Crippen MR) is 60.5 cm³/mol. The van der Waals surface area contributed by atoms with Crippen LogP contribution < -0.4 is 0 Å². The molecule has 0 saturated carbocycles. The monoisotopic (exact) mass is 206 g/mol. The number of ketones is 1. The van der Waals surface area contributed by atoms with Gasteiger partial charge in [0, 0.05) is 0 Å². The number of hydrogen-bond acceptors (Lipinski definition) is 2. The highest BCUT2D eigenvalue weighted by atomic mass is 16.2. The van der Waals surface area contributed by atoms with Crippen molar-refractivity contribution in [3.63, 3.8) is 0 Å². The SMILES string of the molecule is CC1=C(/C=C/C(=O)C=O)C(C)(C)CCC1. The smallest absolute Gasteiger partial charge is 0.218 e. The van der Waals surface area contributed by atoms with E-state index in [2.05, 4.69) is 20.8 Å². The van der Waals surface area contributed by atoms with Gasteiger partial charge in [0.2, 0.25) is 5.78 Å². The second-order valence-corrected chi connectivity index (χ2v) is 4.78. The molecule has 2 heteroatoms. The molecule has 0 unspecified atom stereocenters. The highest BCUT2D eigenvalue weighted by Gasteiger charge is 2.26. The Bertz CT molecular complexity index is 332. The number of carbonyl (C=O) groups is 2. The summed E-state index contributed by atoms with van der Waals surface area (Å²) >= 11 is 0. The first-order valence-electron chi connectivity index (χ1n) is 5.35. The van der Waals surface area contributed by atoms with E-state index in [-0.39, 0.29) is 5.41 Å². The van der Waals surface area contributed by atoms with E-state index in [0.29, 0.717) is 6.29 Å². The van der Waals surface area contributed by atoms with Crippen molar-refractivity contribution in [1.29, 1.82) is 0 Å². The van der Waals surface area contributed by atoms with Crippen molar-refractivity contribution in [2.75, 3.05) is 0 Å². The summed E-state index contributed by atoms with van der Waals surface area (Å²) in [5, 5.41) is 0. The van der Waals surface area contributed by atoms with Crippen LogP contribution in [0.3, 0.4) is 0 Å². The molecule has 0 radical (unpaired) electrons. The lowest BCUT2D eigenvalue weighted by Gasteiger charge is -2.32. The Hall–Kier alpha value is -1.18. The quantitative estimate of drug-likeness (QED) is 0.404. The summed E-state index contributed by atoms with van der Waals surface area (Å²) in [5.41, 5.74) is 2.67. The lowest BCUT2D eigenvalue weighted by molar-refractivity contribution is -0.126. The van der Waals surface area contributed by atoms with Crippen molar-refractivity contribution >= 4 is 12.1 Å². The van der Waals surface area contributed by atoms with E-state index in [1.807, 2.05) is 6.08 Å². The number of rotatable bonds is 3. The zero-order valence-corrected chi connectivity index (χ0v) is 9.67. The van der Waals surface area contributed by atoms with Crippen LogP contribution in [0.5, 0.6) is 0 Å². The molecule has 0 fully saturated rings. The summed E-state index contributed by atoms with van der Waals surface area (Å²) in [5.74, 6) is -0.461. The Morgan fingerprint density at radius 1 is 1.40 bits per heavy atom. The van der Waals surface area contributed by atoms with Gasteiger partial charge in [-0.2, -0.15) is 0 Å². The maximum atomic E-state index is 10.9. The first-order valence-corrected chi connectivity index (χ1v) is 5.35. The molecule has 2 nitrogen and oxygen atoms in total. The minimum atomic E-state index is -0.461. The standard InChI is InChI=1S/C13H18O2/c1-10-5-4-8-13(2,3)12(10)7-6-11(15)9-14/h6-7,9H,4-5,8H2,1-3H3/b7-6+. The molecular formula is C13H18O2. The average molecular weight is 206 g/mol. The van der Waals surface area contributed by atoms with Crippen molar-refractivity contribution in [2.24, 2.45) is 5.41 Å². The number of aldehydes is 1. The van der Waals surface area contributed by atoms with Gasteiger partial charge in [-0.15, -0.1) is 0 Å². The predicted octanol–water partition coefficient (Wildman–Crippen LogP) is 2.84. The van der Waals surface area contributed by atoms with Gasteiger partial charge in [-0.3, -0.25) is 9.59 Å². The third-order valence-corrected chi connectivity index (χ3v) is 3.07. The molecule has 1 aliphatic rings. The first kappa shape index (κ1) is 11.9. The van der Waals surface area contributed by atoms with E-state index in [0.717, 1.165) is 12.8 Å². The zero-order valence-electron chi connectivity index (χ0n) is 9.67. The van der Waals surface area contributed by atoms with E-state index in [4.69, 9.17) is 0 Å². The normalized spacial score (nSPS) is 20.7. The molecule has 0 atom stereocenters. The molecule has 0 N–H and O–H groups in total. The lowest BCUT2D eigenvalue weighted by Crippen LogP contribution is -2.19. The molecule has 0 amide bonds. The fourth-order valence-electron chi connectivity index (χ4n) is 2.22. The van der Waals surface area contributed by atoms with E-state index in [9.17, 15) is 9.59 Å². The Labute approximate surface area is 91.1 Å². The van der Waals surface area contributed by atoms with Gasteiger partial charge >= 0.3 is 0 Å². The number of allylic oxidation sites excluding steroid dienone is 4. The Kier molecular flexibility index (Phi) is 3.61. The van der Waals surface area contributed by atoms with Crippen LogP contribution in [0.4, 0.5) is 0 Å². The second kappa shape index (κ2) is 4.56. The Balaban J connectivity index is 2.94. The van der Waals surface area contributed by atoms with Crippen LogP contribution >= 0.6 is 0 Å². The molecule has 15 heavy (non-hydrogen) atoms. The maximum Gasteiger partial charge on any atom is 0.218 e. The first-order chi connectivity index (χ1) is 6.97. The Morgan fingerprint density at radius 3 is 2.60 bits per heavy atom.